The fourth-order valence-electron chi connectivity index (χ4n) is 1.89. The molecule has 0 aromatic carbocycles. The van der Waals surface area contributed by atoms with E-state index in [4.69, 9.17) is 4.74 Å². The molecule has 0 saturated heterocycles. The maximum absolute atomic E-state index is 5.31. The summed E-state index contributed by atoms with van der Waals surface area (Å²) >= 11 is 3.61. The molecular formula is C15H17OS2+. The van der Waals surface area contributed by atoms with Crippen molar-refractivity contribution in [3.63, 3.8) is 0 Å². The molecule has 0 fully saturated rings. The summed E-state index contributed by atoms with van der Waals surface area (Å²) in [4.78, 5) is 5.16. The smallest absolute Gasteiger partial charge is 0.235 e. The van der Waals surface area contributed by atoms with Crippen LogP contribution in [-0.2, 0) is 0 Å². The number of aryl methyl sites for hydroxylation is 1. The highest BCUT2D eigenvalue weighted by atomic mass is 32.2. The second-order valence-corrected chi connectivity index (χ2v) is 7.08. The maximum atomic E-state index is 5.31. The van der Waals surface area contributed by atoms with Gasteiger partial charge in [-0.25, -0.2) is 0 Å². The molecule has 2 rings (SSSR count). The molecule has 94 valence electrons. The van der Waals surface area contributed by atoms with Crippen molar-refractivity contribution in [2.45, 2.75) is 20.8 Å². The third-order valence-corrected chi connectivity index (χ3v) is 4.31. The highest BCUT2D eigenvalue weighted by molar-refractivity contribution is 8.06. The van der Waals surface area contributed by atoms with Crippen molar-refractivity contribution in [1.82, 2.24) is 0 Å². The summed E-state index contributed by atoms with van der Waals surface area (Å²) in [5, 5.41) is 0. The molecule has 0 atom stereocenters. The second-order valence-electron chi connectivity index (χ2n) is 4.27. The Bertz CT molecular complexity index is 534. The van der Waals surface area contributed by atoms with Gasteiger partial charge in [-0.1, -0.05) is 11.8 Å². The molecule has 0 bridgehead atoms. The molecule has 0 aliphatic carbocycles. The first-order chi connectivity index (χ1) is 8.56. The van der Waals surface area contributed by atoms with Gasteiger partial charge in [0.15, 0.2) is 0 Å². The van der Waals surface area contributed by atoms with Gasteiger partial charge in [-0.3, -0.25) is 0 Å². The van der Waals surface area contributed by atoms with E-state index in [0.717, 1.165) is 5.75 Å². The standard InChI is InChI=1S/C15H17OS2/c1-10-5-13(6-11(2)17-10)8-15-9-14(16-4)7-12(3)18-15/h5-9H,1-4H3/q+1. The normalized spacial score (nSPS) is 15.0. The molecule has 1 aromatic rings. The minimum atomic E-state index is 0.921. The number of allylic oxidation sites excluding steroid dienone is 5. The van der Waals surface area contributed by atoms with Crippen LogP contribution < -0.4 is 4.74 Å². The van der Waals surface area contributed by atoms with Crippen molar-refractivity contribution in [2.75, 3.05) is 7.11 Å². The highest BCUT2D eigenvalue weighted by Gasteiger charge is 2.11. The van der Waals surface area contributed by atoms with Gasteiger partial charge in [0, 0.05) is 25.1 Å². The molecule has 1 aliphatic heterocycles. The van der Waals surface area contributed by atoms with Crippen LogP contribution in [0.5, 0.6) is 5.75 Å². The summed E-state index contributed by atoms with van der Waals surface area (Å²) in [6, 6.07) is 4.14. The van der Waals surface area contributed by atoms with E-state index in [2.05, 4.69) is 51.1 Å². The summed E-state index contributed by atoms with van der Waals surface area (Å²) in [5.41, 5.74) is 1.26. The predicted molar refractivity (Wildman–Crippen MR) is 83.1 cm³/mol. The fraction of sp³-hybridized carbons (Fsp3) is 0.267. The molecule has 0 spiro atoms. The first-order valence-electron chi connectivity index (χ1n) is 5.82. The Morgan fingerprint density at radius 3 is 2.39 bits per heavy atom. The van der Waals surface area contributed by atoms with Gasteiger partial charge >= 0.3 is 0 Å². The Morgan fingerprint density at radius 2 is 1.78 bits per heavy atom. The molecule has 2 heterocycles. The van der Waals surface area contributed by atoms with Crippen LogP contribution in [0.1, 0.15) is 23.6 Å². The number of rotatable bonds is 2. The van der Waals surface area contributed by atoms with Crippen LogP contribution in [0, 0.1) is 6.92 Å². The monoisotopic (exact) mass is 277 g/mol. The van der Waals surface area contributed by atoms with E-state index in [-0.39, 0.29) is 0 Å². The van der Waals surface area contributed by atoms with Crippen LogP contribution in [0.2, 0.25) is 0 Å². The first-order valence-corrected chi connectivity index (χ1v) is 7.45. The van der Waals surface area contributed by atoms with Crippen molar-refractivity contribution in [2.24, 2.45) is 0 Å². The lowest BCUT2D eigenvalue weighted by atomic mass is 10.2. The molecule has 1 nitrogen and oxygen atoms in total. The van der Waals surface area contributed by atoms with E-state index in [0.29, 0.717) is 0 Å². The number of thioether (sulfide) groups is 1. The van der Waals surface area contributed by atoms with Crippen molar-refractivity contribution < 1.29 is 4.74 Å². The number of methoxy groups -OCH3 is 1. The average Bonchev–Trinajstić information content (AvgIpc) is 2.26. The molecule has 0 N–H and O–H groups in total. The molecule has 0 saturated carbocycles. The lowest BCUT2D eigenvalue weighted by molar-refractivity contribution is 0.415. The van der Waals surface area contributed by atoms with Gasteiger partial charge < -0.3 is 4.74 Å². The zero-order valence-electron chi connectivity index (χ0n) is 11.1. The van der Waals surface area contributed by atoms with Crippen LogP contribution in [0.25, 0.3) is 6.08 Å². The molecule has 0 unspecified atom stereocenters. The minimum Gasteiger partial charge on any atom is -0.496 e. The van der Waals surface area contributed by atoms with Crippen LogP contribution >= 0.6 is 23.1 Å². The van der Waals surface area contributed by atoms with Crippen molar-refractivity contribution >= 4 is 29.2 Å². The molecule has 0 radical (unpaired) electrons. The van der Waals surface area contributed by atoms with Crippen molar-refractivity contribution in [3.05, 3.63) is 49.4 Å². The lowest BCUT2D eigenvalue weighted by Gasteiger charge is -2.08. The van der Waals surface area contributed by atoms with Gasteiger partial charge in [0.1, 0.15) is 5.75 Å². The predicted octanol–water partition coefficient (Wildman–Crippen LogP) is 5.28. The van der Waals surface area contributed by atoms with Gasteiger partial charge in [0.25, 0.3) is 0 Å². The Morgan fingerprint density at radius 1 is 1.11 bits per heavy atom. The highest BCUT2D eigenvalue weighted by Crippen LogP contribution is 2.33. The molecule has 18 heavy (non-hydrogen) atoms. The molecule has 0 amide bonds. The van der Waals surface area contributed by atoms with E-state index < -0.39 is 0 Å². The van der Waals surface area contributed by atoms with Gasteiger partial charge in [-0.15, -0.1) is 0 Å². The lowest BCUT2D eigenvalue weighted by Crippen LogP contribution is -1.86. The SMILES string of the molecule is COc1cc(C)[s+]c(C=C2C=C(C)SC(C)=C2)c1. The number of ether oxygens (including phenoxy) is 1. The van der Waals surface area contributed by atoms with Crippen LogP contribution in [-0.4, -0.2) is 7.11 Å². The molecule has 1 aliphatic rings. The number of hydrogen-bond acceptors (Lipinski definition) is 2. The van der Waals surface area contributed by atoms with Crippen molar-refractivity contribution in [1.29, 1.82) is 0 Å². The third-order valence-electron chi connectivity index (χ3n) is 2.52. The quantitative estimate of drug-likeness (QED) is 0.680. The Kier molecular flexibility index (Phi) is 4.25. The van der Waals surface area contributed by atoms with Gasteiger partial charge in [-0.2, -0.15) is 0 Å². The Hall–Kier alpha value is -1.06. The molecular weight excluding hydrogens is 260 g/mol. The summed E-state index contributed by atoms with van der Waals surface area (Å²) in [6.45, 7) is 6.40. The summed E-state index contributed by atoms with van der Waals surface area (Å²) in [5.74, 6) is 0.921. The maximum Gasteiger partial charge on any atom is 0.235 e. The van der Waals surface area contributed by atoms with E-state index in [1.807, 2.05) is 11.8 Å². The topological polar surface area (TPSA) is 9.23 Å². The Labute approximate surface area is 117 Å². The summed E-state index contributed by atoms with van der Waals surface area (Å²) < 4.78 is 5.31. The first kappa shape index (κ1) is 13.4. The van der Waals surface area contributed by atoms with E-state index >= 15 is 0 Å². The Balaban J connectivity index is 2.38. The molecule has 1 aromatic heterocycles. The second kappa shape index (κ2) is 5.72. The van der Waals surface area contributed by atoms with Gasteiger partial charge in [0.05, 0.1) is 7.11 Å². The van der Waals surface area contributed by atoms with E-state index in [9.17, 15) is 0 Å². The average molecular weight is 277 g/mol. The number of hydrogen-bond donors (Lipinski definition) is 0. The van der Waals surface area contributed by atoms with Gasteiger partial charge in [-0.05, 0) is 41.4 Å². The fourth-order valence-corrected chi connectivity index (χ4v) is 3.70. The minimum absolute atomic E-state index is 0.921. The zero-order chi connectivity index (χ0) is 13.1. The molecule has 3 heteroatoms. The zero-order valence-corrected chi connectivity index (χ0v) is 12.7. The third kappa shape index (κ3) is 3.47. The van der Waals surface area contributed by atoms with Crippen molar-refractivity contribution in [3.8, 4) is 5.75 Å². The summed E-state index contributed by atoms with van der Waals surface area (Å²) in [7, 11) is 1.71. The van der Waals surface area contributed by atoms with E-state index in [1.165, 1.54) is 25.1 Å². The van der Waals surface area contributed by atoms with E-state index in [1.54, 1.807) is 18.4 Å². The largest absolute Gasteiger partial charge is 0.496 e. The van der Waals surface area contributed by atoms with Gasteiger partial charge in [0.2, 0.25) is 21.1 Å². The van der Waals surface area contributed by atoms with Crippen LogP contribution in [0.4, 0.5) is 0 Å². The van der Waals surface area contributed by atoms with Crippen LogP contribution in [0.3, 0.4) is 0 Å². The summed E-state index contributed by atoms with van der Waals surface area (Å²) in [6.07, 6.45) is 6.66. The van der Waals surface area contributed by atoms with Crippen LogP contribution in [0.15, 0.2) is 39.7 Å².